The lowest BCUT2D eigenvalue weighted by atomic mass is 9.92. The summed E-state index contributed by atoms with van der Waals surface area (Å²) >= 11 is 3.68. The Kier molecular flexibility index (Phi) is 6.91. The molecule has 1 aliphatic rings. The summed E-state index contributed by atoms with van der Waals surface area (Å²) in [5.41, 5.74) is 2.00. The van der Waals surface area contributed by atoms with Crippen molar-refractivity contribution in [3.63, 3.8) is 0 Å². The van der Waals surface area contributed by atoms with Gasteiger partial charge in [-0.3, -0.25) is 14.7 Å². The molecule has 0 bridgehead atoms. The quantitative estimate of drug-likeness (QED) is 0.691. The summed E-state index contributed by atoms with van der Waals surface area (Å²) in [6, 6.07) is 9.72. The van der Waals surface area contributed by atoms with E-state index >= 15 is 0 Å². The smallest absolute Gasteiger partial charge is 0.307 e. The summed E-state index contributed by atoms with van der Waals surface area (Å²) in [5, 5.41) is 9.52. The highest BCUT2D eigenvalue weighted by atomic mass is 79.9. The SMILES string of the molecule is COc1cc(Br)c(C(Cc2ccccn2)N2CCCC(C(=O)O)C2)cc1OC. The predicted molar refractivity (Wildman–Crippen MR) is 110 cm³/mol. The number of ether oxygens (including phenoxy) is 2. The van der Waals surface area contributed by atoms with E-state index in [1.54, 1.807) is 20.4 Å². The van der Waals surface area contributed by atoms with Crippen LogP contribution in [0.4, 0.5) is 0 Å². The third kappa shape index (κ3) is 4.64. The first-order valence-electron chi connectivity index (χ1n) is 9.31. The number of methoxy groups -OCH3 is 2. The van der Waals surface area contributed by atoms with Crippen LogP contribution in [-0.4, -0.2) is 48.3 Å². The third-order valence-corrected chi connectivity index (χ3v) is 5.92. The van der Waals surface area contributed by atoms with Gasteiger partial charge in [-0.25, -0.2) is 0 Å². The molecule has 0 amide bonds. The number of aliphatic carboxylic acids is 1. The predicted octanol–water partition coefficient (Wildman–Crippen LogP) is 3.94. The fraction of sp³-hybridized carbons (Fsp3) is 0.429. The number of carboxylic acid groups (broad SMARTS) is 1. The fourth-order valence-corrected chi connectivity index (χ4v) is 4.36. The number of nitrogens with zero attached hydrogens (tertiary/aromatic N) is 2. The van der Waals surface area contributed by atoms with Crippen molar-refractivity contribution in [2.24, 2.45) is 5.92 Å². The van der Waals surface area contributed by atoms with Crippen LogP contribution in [0.2, 0.25) is 0 Å². The van der Waals surface area contributed by atoms with Crippen molar-refractivity contribution in [2.45, 2.75) is 25.3 Å². The van der Waals surface area contributed by atoms with E-state index in [2.05, 4.69) is 25.8 Å². The van der Waals surface area contributed by atoms with Gasteiger partial charge in [-0.2, -0.15) is 0 Å². The van der Waals surface area contributed by atoms with E-state index in [0.717, 1.165) is 35.1 Å². The molecule has 2 atom stereocenters. The standard InChI is InChI=1S/C21H25BrN2O4/c1-27-19-11-16(17(22)12-20(19)28-2)18(10-15-7-3-4-8-23-15)24-9-5-6-14(13-24)21(25)26/h3-4,7-8,11-12,14,18H,5-6,9-10,13H2,1-2H3,(H,25,26). The van der Waals surface area contributed by atoms with Gasteiger partial charge < -0.3 is 14.6 Å². The Morgan fingerprint density at radius 1 is 1.32 bits per heavy atom. The molecule has 6 nitrogen and oxygen atoms in total. The Labute approximate surface area is 173 Å². The number of likely N-dealkylation sites (tertiary alicyclic amines) is 1. The van der Waals surface area contributed by atoms with Crippen LogP contribution >= 0.6 is 15.9 Å². The van der Waals surface area contributed by atoms with Gasteiger partial charge in [-0.1, -0.05) is 22.0 Å². The van der Waals surface area contributed by atoms with Crippen molar-refractivity contribution < 1.29 is 19.4 Å². The topological polar surface area (TPSA) is 71.9 Å². The summed E-state index contributed by atoms with van der Waals surface area (Å²) in [5.74, 6) is 0.224. The molecular weight excluding hydrogens is 424 g/mol. The first kappa shape index (κ1) is 20.6. The molecule has 1 fully saturated rings. The van der Waals surface area contributed by atoms with Crippen molar-refractivity contribution >= 4 is 21.9 Å². The zero-order chi connectivity index (χ0) is 20.1. The van der Waals surface area contributed by atoms with Crippen molar-refractivity contribution in [3.8, 4) is 11.5 Å². The number of aromatic nitrogens is 1. The van der Waals surface area contributed by atoms with E-state index in [9.17, 15) is 9.90 Å². The largest absolute Gasteiger partial charge is 0.493 e. The number of carboxylic acids is 1. The minimum Gasteiger partial charge on any atom is -0.493 e. The summed E-state index contributed by atoms with van der Waals surface area (Å²) in [6.45, 7) is 1.37. The average molecular weight is 449 g/mol. The van der Waals surface area contributed by atoms with Gasteiger partial charge in [0.25, 0.3) is 0 Å². The van der Waals surface area contributed by atoms with Crippen molar-refractivity contribution in [1.29, 1.82) is 0 Å². The first-order valence-corrected chi connectivity index (χ1v) is 10.1. The third-order valence-electron chi connectivity index (χ3n) is 5.23. The van der Waals surface area contributed by atoms with Crippen molar-refractivity contribution in [3.05, 3.63) is 52.3 Å². The Balaban J connectivity index is 2.00. The zero-order valence-electron chi connectivity index (χ0n) is 16.1. The highest BCUT2D eigenvalue weighted by molar-refractivity contribution is 9.10. The Morgan fingerprint density at radius 2 is 2.07 bits per heavy atom. The Bertz CT molecular complexity index is 816. The van der Waals surface area contributed by atoms with E-state index < -0.39 is 5.97 Å². The highest BCUT2D eigenvalue weighted by Crippen LogP contribution is 2.40. The van der Waals surface area contributed by atoms with Crippen LogP contribution in [0.1, 0.15) is 30.1 Å². The zero-order valence-corrected chi connectivity index (χ0v) is 17.7. The lowest BCUT2D eigenvalue weighted by molar-refractivity contribution is -0.144. The van der Waals surface area contributed by atoms with Crippen LogP contribution in [0.15, 0.2) is 41.0 Å². The molecule has 0 saturated carbocycles. The summed E-state index contributed by atoms with van der Waals surface area (Å²) in [6.07, 6.45) is 4.05. The molecule has 0 radical (unpaired) electrons. The van der Waals surface area contributed by atoms with Crippen LogP contribution in [0.25, 0.3) is 0 Å². The van der Waals surface area contributed by atoms with E-state index in [0.29, 0.717) is 24.5 Å². The second-order valence-electron chi connectivity index (χ2n) is 6.94. The molecule has 28 heavy (non-hydrogen) atoms. The first-order chi connectivity index (χ1) is 13.5. The molecule has 1 aromatic carbocycles. The van der Waals surface area contributed by atoms with Gasteiger partial charge in [0.1, 0.15) is 0 Å². The van der Waals surface area contributed by atoms with Crippen LogP contribution in [0.5, 0.6) is 11.5 Å². The molecule has 7 heteroatoms. The normalized spacial score (nSPS) is 18.5. The molecule has 2 unspecified atom stereocenters. The highest BCUT2D eigenvalue weighted by Gasteiger charge is 2.32. The number of benzene rings is 1. The Morgan fingerprint density at radius 3 is 2.71 bits per heavy atom. The van der Waals surface area contributed by atoms with Crippen LogP contribution in [-0.2, 0) is 11.2 Å². The van der Waals surface area contributed by atoms with Crippen LogP contribution in [0.3, 0.4) is 0 Å². The minimum absolute atomic E-state index is 0.0220. The fourth-order valence-electron chi connectivity index (χ4n) is 3.77. The van der Waals surface area contributed by atoms with Gasteiger partial charge in [-0.15, -0.1) is 0 Å². The summed E-state index contributed by atoms with van der Waals surface area (Å²) in [4.78, 5) is 18.3. The molecule has 0 spiro atoms. The molecule has 2 aromatic rings. The Hall–Kier alpha value is -2.12. The maximum absolute atomic E-state index is 11.6. The molecular formula is C21H25BrN2O4. The number of carbonyl (C=O) groups is 1. The van der Waals surface area contributed by atoms with Gasteiger partial charge in [-0.05, 0) is 49.2 Å². The van der Waals surface area contributed by atoms with Gasteiger partial charge in [0, 0.05) is 35.4 Å². The van der Waals surface area contributed by atoms with E-state index in [1.807, 2.05) is 30.3 Å². The van der Waals surface area contributed by atoms with Gasteiger partial charge in [0.2, 0.25) is 0 Å². The van der Waals surface area contributed by atoms with E-state index in [-0.39, 0.29) is 12.0 Å². The molecule has 3 rings (SSSR count). The van der Waals surface area contributed by atoms with Crippen LogP contribution in [0, 0.1) is 5.92 Å². The number of rotatable bonds is 7. The maximum atomic E-state index is 11.6. The molecule has 0 aliphatic carbocycles. The average Bonchev–Trinajstić information content (AvgIpc) is 2.72. The number of halogens is 1. The molecule has 1 saturated heterocycles. The van der Waals surface area contributed by atoms with Gasteiger partial charge in [0.05, 0.1) is 20.1 Å². The lowest BCUT2D eigenvalue weighted by Crippen LogP contribution is -2.41. The minimum atomic E-state index is -0.729. The number of hydrogen-bond donors (Lipinski definition) is 1. The maximum Gasteiger partial charge on any atom is 0.307 e. The molecule has 2 heterocycles. The summed E-state index contributed by atoms with van der Waals surface area (Å²) < 4.78 is 11.8. The summed E-state index contributed by atoms with van der Waals surface area (Å²) in [7, 11) is 3.22. The monoisotopic (exact) mass is 448 g/mol. The van der Waals surface area contributed by atoms with Gasteiger partial charge >= 0.3 is 5.97 Å². The number of pyridine rings is 1. The van der Waals surface area contributed by atoms with Crippen molar-refractivity contribution in [2.75, 3.05) is 27.3 Å². The van der Waals surface area contributed by atoms with Gasteiger partial charge in [0.15, 0.2) is 11.5 Å². The lowest BCUT2D eigenvalue weighted by Gasteiger charge is -2.37. The second kappa shape index (κ2) is 9.39. The number of piperidine rings is 1. The van der Waals surface area contributed by atoms with E-state index in [1.165, 1.54) is 0 Å². The number of hydrogen-bond acceptors (Lipinski definition) is 5. The van der Waals surface area contributed by atoms with Crippen LogP contribution < -0.4 is 9.47 Å². The van der Waals surface area contributed by atoms with Crippen molar-refractivity contribution in [1.82, 2.24) is 9.88 Å². The molecule has 1 N–H and O–H groups in total. The second-order valence-corrected chi connectivity index (χ2v) is 7.80. The molecule has 1 aliphatic heterocycles. The van der Waals surface area contributed by atoms with E-state index in [4.69, 9.17) is 9.47 Å². The molecule has 1 aromatic heterocycles. The molecule has 150 valence electrons.